The molecular formula is C32H46N6O3. The van der Waals surface area contributed by atoms with E-state index in [1.54, 1.807) is 4.52 Å². The van der Waals surface area contributed by atoms with E-state index in [2.05, 4.69) is 59.1 Å². The number of anilines is 1. The number of allylic oxidation sites excluding steroid dienone is 1. The predicted molar refractivity (Wildman–Crippen MR) is 163 cm³/mol. The SMILES string of the molecule is C=CC(=O)C[C@@H](CC)CCCC(=O)Cc1cccc(CNc2nc(OC(CC)CCNC)nc3c(CC)cnn23)c1. The number of aromatic nitrogens is 4. The molecule has 9 heteroatoms. The molecule has 3 rings (SSSR count). The van der Waals surface area contributed by atoms with Gasteiger partial charge in [0.1, 0.15) is 11.9 Å². The summed E-state index contributed by atoms with van der Waals surface area (Å²) in [5.41, 5.74) is 3.80. The summed E-state index contributed by atoms with van der Waals surface area (Å²) in [6.45, 7) is 11.2. The summed E-state index contributed by atoms with van der Waals surface area (Å²) in [4.78, 5) is 33.7. The van der Waals surface area contributed by atoms with Crippen LogP contribution in [0.25, 0.3) is 5.65 Å². The van der Waals surface area contributed by atoms with Crippen molar-refractivity contribution in [1.29, 1.82) is 0 Å². The van der Waals surface area contributed by atoms with E-state index in [9.17, 15) is 9.59 Å². The third kappa shape index (κ3) is 9.78. The van der Waals surface area contributed by atoms with Crippen LogP contribution in [0, 0.1) is 5.92 Å². The van der Waals surface area contributed by atoms with E-state index in [1.165, 1.54) is 6.08 Å². The monoisotopic (exact) mass is 562 g/mol. The maximum Gasteiger partial charge on any atom is 0.322 e. The molecule has 0 aliphatic rings. The number of ether oxygens (including phenoxy) is 1. The lowest BCUT2D eigenvalue weighted by Crippen LogP contribution is -2.23. The van der Waals surface area contributed by atoms with Gasteiger partial charge in [-0.05, 0) is 68.8 Å². The number of rotatable bonds is 20. The van der Waals surface area contributed by atoms with E-state index in [1.807, 2.05) is 31.4 Å². The average molecular weight is 563 g/mol. The van der Waals surface area contributed by atoms with Crippen LogP contribution in [0.1, 0.15) is 82.4 Å². The van der Waals surface area contributed by atoms with Crippen molar-refractivity contribution in [1.82, 2.24) is 24.9 Å². The molecule has 0 bridgehead atoms. The second-order valence-corrected chi connectivity index (χ2v) is 10.6. The Balaban J connectivity index is 1.63. The van der Waals surface area contributed by atoms with E-state index in [0.29, 0.717) is 43.7 Å². The molecule has 41 heavy (non-hydrogen) atoms. The highest BCUT2D eigenvalue weighted by atomic mass is 16.5. The number of carbonyl (C=O) groups excluding carboxylic acids is 2. The number of fused-ring (bicyclic) bond motifs is 1. The zero-order valence-corrected chi connectivity index (χ0v) is 25.1. The molecule has 0 amide bonds. The molecule has 0 aliphatic heterocycles. The van der Waals surface area contributed by atoms with Gasteiger partial charge in [0.2, 0.25) is 5.95 Å². The van der Waals surface area contributed by atoms with Crippen LogP contribution in [-0.2, 0) is 29.0 Å². The number of aryl methyl sites for hydroxylation is 1. The molecule has 2 heterocycles. The van der Waals surface area contributed by atoms with Crippen LogP contribution in [0.4, 0.5) is 5.95 Å². The van der Waals surface area contributed by atoms with Crippen molar-refractivity contribution in [2.45, 2.75) is 91.2 Å². The Morgan fingerprint density at radius 2 is 1.93 bits per heavy atom. The van der Waals surface area contributed by atoms with Crippen molar-refractivity contribution in [3.8, 4) is 6.01 Å². The fourth-order valence-electron chi connectivity index (χ4n) is 4.87. The topological polar surface area (TPSA) is 111 Å². The number of ketones is 2. The average Bonchev–Trinajstić information content (AvgIpc) is 3.40. The summed E-state index contributed by atoms with van der Waals surface area (Å²) in [6, 6.07) is 8.41. The first-order valence-electron chi connectivity index (χ1n) is 14.9. The maximum atomic E-state index is 12.7. The maximum absolute atomic E-state index is 12.7. The van der Waals surface area contributed by atoms with E-state index < -0.39 is 0 Å². The molecular weight excluding hydrogens is 516 g/mol. The minimum Gasteiger partial charge on any atom is -0.460 e. The van der Waals surface area contributed by atoms with Crippen molar-refractivity contribution in [3.63, 3.8) is 0 Å². The van der Waals surface area contributed by atoms with Crippen LogP contribution in [-0.4, -0.2) is 50.8 Å². The normalized spacial score (nSPS) is 12.7. The summed E-state index contributed by atoms with van der Waals surface area (Å²) >= 11 is 0. The van der Waals surface area contributed by atoms with Gasteiger partial charge in [-0.1, -0.05) is 58.0 Å². The second kappa shape index (κ2) is 16.6. The molecule has 0 fully saturated rings. The van der Waals surface area contributed by atoms with Gasteiger partial charge in [0, 0.05) is 31.4 Å². The van der Waals surface area contributed by atoms with E-state index in [0.717, 1.165) is 67.4 Å². The molecule has 222 valence electrons. The lowest BCUT2D eigenvalue weighted by Gasteiger charge is -2.17. The van der Waals surface area contributed by atoms with E-state index in [-0.39, 0.29) is 17.7 Å². The van der Waals surface area contributed by atoms with Gasteiger partial charge in [0.25, 0.3) is 0 Å². The molecule has 0 aliphatic carbocycles. The van der Waals surface area contributed by atoms with Crippen molar-refractivity contribution in [2.24, 2.45) is 5.92 Å². The molecule has 0 saturated heterocycles. The Morgan fingerprint density at radius 1 is 1.12 bits per heavy atom. The molecule has 3 aromatic rings. The van der Waals surface area contributed by atoms with Crippen LogP contribution in [0.15, 0.2) is 43.1 Å². The second-order valence-electron chi connectivity index (χ2n) is 10.6. The zero-order chi connectivity index (χ0) is 29.6. The van der Waals surface area contributed by atoms with Gasteiger partial charge in [0.15, 0.2) is 11.4 Å². The summed E-state index contributed by atoms with van der Waals surface area (Å²) in [6.07, 6.45) is 9.81. The number of Topliss-reactive ketones (excluding diaryl/α,β-unsaturated/α-hetero) is 1. The van der Waals surface area contributed by atoms with Crippen molar-refractivity contribution < 1.29 is 14.3 Å². The lowest BCUT2D eigenvalue weighted by atomic mass is 9.92. The fraction of sp³-hybridized carbons (Fsp3) is 0.531. The Hall–Kier alpha value is -3.59. The zero-order valence-electron chi connectivity index (χ0n) is 25.1. The first kappa shape index (κ1) is 31.9. The van der Waals surface area contributed by atoms with E-state index in [4.69, 9.17) is 4.74 Å². The Kier molecular flexibility index (Phi) is 12.9. The molecule has 0 saturated carbocycles. The molecule has 0 spiro atoms. The highest BCUT2D eigenvalue weighted by Crippen LogP contribution is 2.21. The van der Waals surface area contributed by atoms with Gasteiger partial charge >= 0.3 is 6.01 Å². The molecule has 2 N–H and O–H groups in total. The van der Waals surface area contributed by atoms with Crippen LogP contribution in [0.3, 0.4) is 0 Å². The molecule has 1 unspecified atom stereocenters. The number of nitrogens with zero attached hydrogens (tertiary/aromatic N) is 4. The van der Waals surface area contributed by atoms with E-state index >= 15 is 0 Å². The van der Waals surface area contributed by atoms with Crippen LogP contribution in [0.5, 0.6) is 6.01 Å². The summed E-state index contributed by atoms with van der Waals surface area (Å²) < 4.78 is 7.90. The predicted octanol–water partition coefficient (Wildman–Crippen LogP) is 5.52. The third-order valence-electron chi connectivity index (χ3n) is 7.45. The van der Waals surface area contributed by atoms with Crippen LogP contribution < -0.4 is 15.4 Å². The standard InChI is InChI=1S/C32H46N6O3/c1-6-23(19-27(39)8-3)12-11-15-28(40)20-24-13-10-14-25(18-24)21-34-31-37-32(41-29(9-4)16-17-33-5)36-30-26(7-2)22-35-38(30)31/h8,10,13-14,18,22-23,29,33H,3,6-7,9,11-12,15-17,19-21H2,1-2,4-5H3,(H,34,36,37)/t23-,29?/m0/s1. The van der Waals surface area contributed by atoms with Gasteiger partial charge in [-0.25, -0.2) is 0 Å². The third-order valence-corrected chi connectivity index (χ3v) is 7.45. The lowest BCUT2D eigenvalue weighted by molar-refractivity contribution is -0.118. The number of benzene rings is 1. The molecule has 2 atom stereocenters. The Labute approximate surface area is 244 Å². The fourth-order valence-corrected chi connectivity index (χ4v) is 4.87. The number of hydrogen-bond acceptors (Lipinski definition) is 8. The number of nitrogens with one attached hydrogen (secondary N) is 2. The van der Waals surface area contributed by atoms with Gasteiger partial charge in [-0.3, -0.25) is 9.59 Å². The first-order valence-corrected chi connectivity index (χ1v) is 14.9. The summed E-state index contributed by atoms with van der Waals surface area (Å²) in [7, 11) is 1.93. The highest BCUT2D eigenvalue weighted by Gasteiger charge is 2.17. The van der Waals surface area contributed by atoms with Crippen molar-refractivity contribution in [3.05, 3.63) is 59.8 Å². The molecule has 2 aromatic heterocycles. The minimum atomic E-state index is 0.0162. The smallest absolute Gasteiger partial charge is 0.322 e. The van der Waals surface area contributed by atoms with Crippen LogP contribution >= 0.6 is 0 Å². The largest absolute Gasteiger partial charge is 0.460 e. The summed E-state index contributed by atoms with van der Waals surface area (Å²) in [5.74, 6) is 1.17. The van der Waals surface area contributed by atoms with Gasteiger partial charge in [0.05, 0.1) is 6.20 Å². The highest BCUT2D eigenvalue weighted by molar-refractivity contribution is 5.89. The minimum absolute atomic E-state index is 0.0162. The quantitative estimate of drug-likeness (QED) is 0.173. The van der Waals surface area contributed by atoms with Crippen LogP contribution in [0.2, 0.25) is 0 Å². The first-order chi connectivity index (χ1) is 19.9. The summed E-state index contributed by atoms with van der Waals surface area (Å²) in [5, 5.41) is 11.1. The molecule has 1 aromatic carbocycles. The van der Waals surface area contributed by atoms with Gasteiger partial charge < -0.3 is 15.4 Å². The molecule has 9 nitrogen and oxygen atoms in total. The number of hydrogen-bond donors (Lipinski definition) is 2. The van der Waals surface area contributed by atoms with Gasteiger partial charge in [-0.2, -0.15) is 19.6 Å². The Bertz CT molecular complexity index is 1290. The van der Waals surface area contributed by atoms with Crippen molar-refractivity contribution >= 4 is 23.2 Å². The van der Waals surface area contributed by atoms with Gasteiger partial charge in [-0.15, -0.1) is 0 Å². The number of carbonyl (C=O) groups is 2. The Morgan fingerprint density at radius 3 is 2.63 bits per heavy atom. The molecule has 0 radical (unpaired) electrons. The van der Waals surface area contributed by atoms with Crippen molar-refractivity contribution in [2.75, 3.05) is 18.9 Å².